The molecule has 5 heterocycles. The van der Waals surface area contributed by atoms with E-state index in [1.165, 1.54) is 6.33 Å². The van der Waals surface area contributed by atoms with Gasteiger partial charge in [0.25, 0.3) is 0 Å². The van der Waals surface area contributed by atoms with Crippen molar-refractivity contribution < 1.29 is 18.6 Å². The number of hydrogen-bond donors (Lipinski definition) is 0. The van der Waals surface area contributed by atoms with E-state index in [2.05, 4.69) is 58.7 Å². The molecule has 2 aromatic heterocycles. The molecule has 2 bridgehead atoms. The van der Waals surface area contributed by atoms with Crippen LogP contribution in [-0.4, -0.2) is 115 Å². The number of aromatic nitrogens is 4. The van der Waals surface area contributed by atoms with Gasteiger partial charge in [-0.05, 0) is 18.1 Å². The fourth-order valence-corrected chi connectivity index (χ4v) is 6.17. The summed E-state index contributed by atoms with van der Waals surface area (Å²) in [4.78, 5) is 22.2. The molecule has 0 spiro atoms. The first kappa shape index (κ1) is 25.7. The van der Waals surface area contributed by atoms with E-state index >= 15 is 0 Å². The number of aliphatic imine (C=N–C) groups is 1. The Labute approximate surface area is 213 Å². The highest BCUT2D eigenvalue weighted by Gasteiger charge is 2.65. The fourth-order valence-electron chi connectivity index (χ4n) is 4.83. The molecule has 0 radical (unpaired) electrons. The summed E-state index contributed by atoms with van der Waals surface area (Å²) in [5.41, 5.74) is 0.730. The van der Waals surface area contributed by atoms with Crippen LogP contribution in [0.1, 0.15) is 27.0 Å². The van der Waals surface area contributed by atoms with Gasteiger partial charge in [0.05, 0.1) is 32.5 Å². The molecule has 12 heteroatoms. The van der Waals surface area contributed by atoms with Crippen molar-refractivity contribution >= 4 is 31.6 Å². The number of ether oxygens (including phenoxy) is 3. The lowest BCUT2D eigenvalue weighted by Gasteiger charge is -2.42. The predicted molar refractivity (Wildman–Crippen MR) is 139 cm³/mol. The Morgan fingerprint density at radius 3 is 2.67 bits per heavy atom. The molecule has 3 aliphatic heterocycles. The Morgan fingerprint density at radius 1 is 1.22 bits per heavy atom. The summed E-state index contributed by atoms with van der Waals surface area (Å²) in [5.74, 6) is 0.522. The highest BCUT2D eigenvalue weighted by Crippen LogP contribution is 2.50. The molecule has 3 saturated heterocycles. The number of rotatable bonds is 7. The monoisotopic (exact) mass is 517 g/mol. The van der Waals surface area contributed by atoms with E-state index in [1.54, 1.807) is 12.7 Å². The quantitative estimate of drug-likeness (QED) is 0.311. The van der Waals surface area contributed by atoms with E-state index in [-0.39, 0.29) is 17.2 Å². The molecule has 0 amide bonds. The topological polar surface area (TPSA) is 99.4 Å². The van der Waals surface area contributed by atoms with Gasteiger partial charge in [0, 0.05) is 33.7 Å². The van der Waals surface area contributed by atoms with E-state index in [9.17, 15) is 0 Å². The maximum atomic E-state index is 7.06. The molecule has 0 N–H and O–H groups in total. The van der Waals surface area contributed by atoms with Crippen LogP contribution < -0.4 is 0 Å². The highest BCUT2D eigenvalue weighted by molar-refractivity contribution is 6.74. The van der Waals surface area contributed by atoms with Crippen LogP contribution in [0.3, 0.4) is 0 Å². The predicted octanol–water partition coefficient (Wildman–Crippen LogP) is 2.44. The summed E-state index contributed by atoms with van der Waals surface area (Å²) in [7, 11) is 1.73. The minimum atomic E-state index is -2.10. The molecule has 11 nitrogen and oxygen atoms in total. The molecule has 2 aromatic rings. The van der Waals surface area contributed by atoms with E-state index in [0.29, 0.717) is 23.6 Å². The number of fused-ring (bicyclic) bond motifs is 3. The molecule has 3 aliphatic rings. The van der Waals surface area contributed by atoms with Gasteiger partial charge in [0.2, 0.25) is 0 Å². The van der Waals surface area contributed by atoms with Crippen molar-refractivity contribution in [1.29, 1.82) is 0 Å². The molecule has 198 valence electrons. The van der Waals surface area contributed by atoms with E-state index in [0.717, 1.165) is 32.8 Å². The average Bonchev–Trinajstić information content (AvgIpc) is 3.47. The average molecular weight is 518 g/mol. The second-order valence-electron chi connectivity index (χ2n) is 11.8. The van der Waals surface area contributed by atoms with Gasteiger partial charge in [-0.3, -0.25) is 9.47 Å². The van der Waals surface area contributed by atoms with Crippen LogP contribution in [-0.2, 0) is 18.6 Å². The first-order valence-corrected chi connectivity index (χ1v) is 15.6. The molecule has 3 fully saturated rings. The van der Waals surface area contributed by atoms with Crippen LogP contribution in [0.15, 0.2) is 17.6 Å². The maximum Gasteiger partial charge on any atom is 0.192 e. The zero-order valence-electron chi connectivity index (χ0n) is 22.5. The summed E-state index contributed by atoms with van der Waals surface area (Å²) in [6, 6.07) is 0. The van der Waals surface area contributed by atoms with Crippen molar-refractivity contribution in [2.24, 2.45) is 4.99 Å². The SMILES string of the molecule is CN(C)/C=N/c1ncnc2c1ncn2[C@@H]1O[C@@]2(CN3CCOCC3)COC1[C@H]2O[Si](C)(C)C(C)(C)C. The van der Waals surface area contributed by atoms with Crippen molar-refractivity contribution in [3.8, 4) is 0 Å². The Morgan fingerprint density at radius 2 is 1.97 bits per heavy atom. The standard InChI is InChI=1S/C24H39N7O4Si/c1-23(2,3)36(6,7)35-19-18-22(34-24(19,13-33-18)12-30-8-10-32-11-9-30)31-16-27-17-20(28-15-29(4)5)25-14-26-21(17)31/h14-16,18-19,22H,8-13H2,1-7H3/b28-15+/t18?,19-,22-,24+/m1/s1. The molecule has 0 aromatic carbocycles. The second-order valence-corrected chi connectivity index (χ2v) is 16.5. The molecular formula is C24H39N7O4Si. The van der Waals surface area contributed by atoms with E-state index in [1.807, 2.05) is 23.6 Å². The zero-order valence-corrected chi connectivity index (χ0v) is 23.5. The van der Waals surface area contributed by atoms with Gasteiger partial charge in [-0.15, -0.1) is 0 Å². The second kappa shape index (κ2) is 9.41. The Hall–Kier alpha value is -1.96. The Bertz CT molecular complexity index is 1110. The van der Waals surface area contributed by atoms with E-state index in [4.69, 9.17) is 18.6 Å². The zero-order chi connectivity index (χ0) is 25.7. The van der Waals surface area contributed by atoms with Crippen molar-refractivity contribution in [1.82, 2.24) is 29.3 Å². The molecule has 1 unspecified atom stereocenters. The Kier molecular flexibility index (Phi) is 6.71. The Balaban J connectivity index is 1.50. The normalized spacial score (nSPS) is 29.6. The summed E-state index contributed by atoms with van der Waals surface area (Å²) in [6.45, 7) is 15.8. The van der Waals surface area contributed by atoms with Gasteiger partial charge in [0.1, 0.15) is 24.1 Å². The third kappa shape index (κ3) is 4.59. The molecule has 0 aliphatic carbocycles. The lowest BCUT2D eigenvalue weighted by molar-refractivity contribution is -0.181. The van der Waals surface area contributed by atoms with Crippen LogP contribution in [0.5, 0.6) is 0 Å². The first-order chi connectivity index (χ1) is 17.0. The number of hydrogen-bond acceptors (Lipinski definition) is 9. The van der Waals surface area contributed by atoms with Gasteiger partial charge in [-0.2, -0.15) is 0 Å². The minimum Gasteiger partial charge on any atom is -0.408 e. The van der Waals surface area contributed by atoms with Gasteiger partial charge < -0.3 is 23.5 Å². The largest absolute Gasteiger partial charge is 0.408 e. The van der Waals surface area contributed by atoms with Crippen molar-refractivity contribution in [2.75, 3.05) is 53.6 Å². The highest BCUT2D eigenvalue weighted by atomic mass is 28.4. The van der Waals surface area contributed by atoms with Crippen molar-refractivity contribution in [2.45, 2.75) is 62.9 Å². The third-order valence-electron chi connectivity index (χ3n) is 7.82. The maximum absolute atomic E-state index is 7.06. The lowest BCUT2D eigenvalue weighted by Crippen LogP contribution is -2.57. The van der Waals surface area contributed by atoms with Crippen LogP contribution >= 0.6 is 0 Å². The molecule has 4 atom stereocenters. The van der Waals surface area contributed by atoms with Gasteiger partial charge in [0.15, 0.2) is 31.5 Å². The van der Waals surface area contributed by atoms with Crippen LogP contribution in [0.2, 0.25) is 18.1 Å². The summed E-state index contributed by atoms with van der Waals surface area (Å²) in [5, 5.41) is 0.0684. The first-order valence-electron chi connectivity index (χ1n) is 12.7. The smallest absolute Gasteiger partial charge is 0.192 e. The molecule has 0 saturated carbocycles. The molecule has 36 heavy (non-hydrogen) atoms. The summed E-state index contributed by atoms with van der Waals surface area (Å²) < 4.78 is 28.0. The van der Waals surface area contributed by atoms with Crippen molar-refractivity contribution in [3.63, 3.8) is 0 Å². The van der Waals surface area contributed by atoms with E-state index < -0.39 is 20.1 Å². The lowest BCUT2D eigenvalue weighted by atomic mass is 9.98. The molecule has 5 rings (SSSR count). The summed E-state index contributed by atoms with van der Waals surface area (Å²) >= 11 is 0. The van der Waals surface area contributed by atoms with Crippen LogP contribution in [0.25, 0.3) is 11.2 Å². The van der Waals surface area contributed by atoms with Crippen LogP contribution in [0.4, 0.5) is 5.82 Å². The van der Waals surface area contributed by atoms with Gasteiger partial charge in [-0.25, -0.2) is 19.9 Å². The number of imidazole rings is 1. The molecular weight excluding hydrogens is 478 g/mol. The fraction of sp³-hybridized carbons (Fsp3) is 0.750. The summed E-state index contributed by atoms with van der Waals surface area (Å²) in [6.07, 6.45) is 4.13. The minimum absolute atomic E-state index is 0.0684. The van der Waals surface area contributed by atoms with Gasteiger partial charge >= 0.3 is 0 Å². The van der Waals surface area contributed by atoms with Crippen LogP contribution in [0, 0.1) is 0 Å². The third-order valence-corrected chi connectivity index (χ3v) is 12.3. The number of nitrogens with zero attached hydrogens (tertiary/aromatic N) is 7. The number of morpholine rings is 1. The van der Waals surface area contributed by atoms with Crippen molar-refractivity contribution in [3.05, 3.63) is 12.7 Å². The van der Waals surface area contributed by atoms with Gasteiger partial charge in [-0.1, -0.05) is 20.8 Å².